The van der Waals surface area contributed by atoms with E-state index in [1.54, 1.807) is 12.1 Å². The van der Waals surface area contributed by atoms with E-state index in [0.717, 1.165) is 11.8 Å². The van der Waals surface area contributed by atoms with Crippen molar-refractivity contribution in [3.8, 4) is 0 Å². The minimum absolute atomic E-state index is 0.264. The monoisotopic (exact) mass is 231 g/mol. The third kappa shape index (κ3) is 3.60. The molecule has 1 aromatic rings. The molecule has 0 aliphatic rings. The summed E-state index contributed by atoms with van der Waals surface area (Å²) >= 11 is 0. The lowest BCUT2D eigenvalue weighted by Gasteiger charge is -2.07. The number of hydrogen-bond donors (Lipinski definition) is 1. The highest BCUT2D eigenvalue weighted by Crippen LogP contribution is 2.11. The fraction of sp³-hybridized carbons (Fsp3) is 0.400. The zero-order valence-electron chi connectivity index (χ0n) is 8.48. The molecule has 0 heterocycles. The third-order valence-electron chi connectivity index (χ3n) is 2.05. The first-order valence-electron chi connectivity index (χ1n) is 4.54. The Balaban J connectivity index is 2.82. The lowest BCUT2D eigenvalue weighted by atomic mass is 10.1. The molecule has 1 atom stereocenters. The molecule has 0 fully saturated rings. The highest BCUT2D eigenvalue weighted by atomic mass is 32.2. The first-order valence-corrected chi connectivity index (χ1v) is 6.43. The van der Waals surface area contributed by atoms with E-state index >= 15 is 0 Å². The van der Waals surface area contributed by atoms with Crippen LogP contribution in [0.4, 0.5) is 4.39 Å². The fourth-order valence-corrected chi connectivity index (χ4v) is 1.86. The number of alkyl halides is 1. The van der Waals surface area contributed by atoms with E-state index in [2.05, 4.69) is 0 Å². The van der Waals surface area contributed by atoms with Crippen LogP contribution in [-0.2, 0) is 16.3 Å². The maximum absolute atomic E-state index is 12.1. The molecule has 1 rings (SSSR count). The van der Waals surface area contributed by atoms with Crippen LogP contribution in [0.1, 0.15) is 5.56 Å². The number of halogens is 1. The molecule has 84 valence electrons. The molecule has 0 bridgehead atoms. The predicted octanol–water partition coefficient (Wildman–Crippen LogP) is 0.929. The van der Waals surface area contributed by atoms with Crippen molar-refractivity contribution in [3.63, 3.8) is 0 Å². The molecule has 0 unspecified atom stereocenters. The Morgan fingerprint density at radius 2 is 1.87 bits per heavy atom. The van der Waals surface area contributed by atoms with Crippen molar-refractivity contribution in [2.24, 2.45) is 5.73 Å². The molecular formula is C10H14FNO2S. The van der Waals surface area contributed by atoms with Gasteiger partial charge >= 0.3 is 0 Å². The number of benzene rings is 1. The highest BCUT2D eigenvalue weighted by Gasteiger charge is 2.07. The maximum Gasteiger partial charge on any atom is 0.175 e. The third-order valence-corrected chi connectivity index (χ3v) is 3.18. The molecule has 3 nitrogen and oxygen atoms in total. The zero-order chi connectivity index (χ0) is 11.5. The second kappa shape index (κ2) is 4.72. The van der Waals surface area contributed by atoms with E-state index in [-0.39, 0.29) is 4.90 Å². The number of hydrogen-bond acceptors (Lipinski definition) is 3. The van der Waals surface area contributed by atoms with Gasteiger partial charge in [-0.25, -0.2) is 12.8 Å². The molecule has 0 aromatic heterocycles. The Bertz CT molecular complexity index is 414. The Morgan fingerprint density at radius 1 is 1.33 bits per heavy atom. The summed E-state index contributed by atoms with van der Waals surface area (Å²) in [6, 6.07) is 5.82. The van der Waals surface area contributed by atoms with Gasteiger partial charge in [0.05, 0.1) is 4.90 Å². The summed E-state index contributed by atoms with van der Waals surface area (Å²) in [6.45, 7) is -0.576. The van der Waals surface area contributed by atoms with Crippen molar-refractivity contribution < 1.29 is 12.8 Å². The summed E-state index contributed by atoms with van der Waals surface area (Å²) in [5, 5.41) is 0. The largest absolute Gasteiger partial charge is 0.325 e. The van der Waals surface area contributed by atoms with Gasteiger partial charge in [-0.05, 0) is 24.1 Å². The van der Waals surface area contributed by atoms with Crippen molar-refractivity contribution in [1.82, 2.24) is 0 Å². The molecule has 0 amide bonds. The second-order valence-electron chi connectivity index (χ2n) is 3.53. The standard InChI is InChI=1S/C10H14FNO2S/c1-15(13,14)10-4-2-8(3-5-10)6-9(12)7-11/h2-5,9H,6-7,12H2,1H3/t9-/m0/s1. The molecule has 5 heteroatoms. The van der Waals surface area contributed by atoms with Gasteiger partial charge in [0.1, 0.15) is 6.67 Å². The first kappa shape index (κ1) is 12.1. The lowest BCUT2D eigenvalue weighted by Crippen LogP contribution is -2.24. The van der Waals surface area contributed by atoms with Gasteiger partial charge in [0, 0.05) is 12.3 Å². The number of nitrogens with two attached hydrogens (primary N) is 1. The van der Waals surface area contributed by atoms with Crippen molar-refractivity contribution in [1.29, 1.82) is 0 Å². The van der Waals surface area contributed by atoms with Crippen molar-refractivity contribution in [2.75, 3.05) is 12.9 Å². The zero-order valence-corrected chi connectivity index (χ0v) is 9.30. The molecule has 0 spiro atoms. The number of sulfone groups is 1. The summed E-state index contributed by atoms with van der Waals surface area (Å²) in [6.07, 6.45) is 1.57. The van der Waals surface area contributed by atoms with Gasteiger partial charge in [-0.1, -0.05) is 12.1 Å². The average molecular weight is 231 g/mol. The predicted molar refractivity (Wildman–Crippen MR) is 57.2 cm³/mol. The van der Waals surface area contributed by atoms with Crippen molar-refractivity contribution in [3.05, 3.63) is 29.8 Å². The highest BCUT2D eigenvalue weighted by molar-refractivity contribution is 7.90. The molecule has 0 saturated carbocycles. The first-order chi connectivity index (χ1) is 6.93. The maximum atomic E-state index is 12.1. The minimum atomic E-state index is -3.16. The van der Waals surface area contributed by atoms with Crippen LogP contribution in [0.2, 0.25) is 0 Å². The average Bonchev–Trinajstić information content (AvgIpc) is 2.17. The van der Waals surface area contributed by atoms with Gasteiger partial charge in [0.25, 0.3) is 0 Å². The summed E-state index contributed by atoms with van der Waals surface area (Å²) in [4.78, 5) is 0.264. The Morgan fingerprint density at radius 3 is 2.27 bits per heavy atom. The second-order valence-corrected chi connectivity index (χ2v) is 5.55. The van der Waals surface area contributed by atoms with Gasteiger partial charge in [-0.3, -0.25) is 0 Å². The molecule has 0 aliphatic heterocycles. The van der Waals surface area contributed by atoms with E-state index in [1.807, 2.05) is 0 Å². The lowest BCUT2D eigenvalue weighted by molar-refractivity contribution is 0.427. The van der Waals surface area contributed by atoms with Crippen LogP contribution in [0.3, 0.4) is 0 Å². The van der Waals surface area contributed by atoms with Crippen LogP contribution in [0.15, 0.2) is 29.2 Å². The van der Waals surface area contributed by atoms with Crippen LogP contribution in [0, 0.1) is 0 Å². The molecule has 0 aliphatic carbocycles. The van der Waals surface area contributed by atoms with Crippen LogP contribution < -0.4 is 5.73 Å². The number of rotatable bonds is 4. The summed E-state index contributed by atoms with van der Waals surface area (Å²) in [5.74, 6) is 0. The van der Waals surface area contributed by atoms with E-state index < -0.39 is 22.6 Å². The van der Waals surface area contributed by atoms with Gasteiger partial charge in [-0.15, -0.1) is 0 Å². The molecule has 2 N–H and O–H groups in total. The van der Waals surface area contributed by atoms with Gasteiger partial charge < -0.3 is 5.73 Å². The van der Waals surface area contributed by atoms with Gasteiger partial charge in [0.15, 0.2) is 9.84 Å². The van der Waals surface area contributed by atoms with E-state index in [9.17, 15) is 12.8 Å². The van der Waals surface area contributed by atoms with Crippen LogP contribution in [0.25, 0.3) is 0 Å². The van der Waals surface area contributed by atoms with Crippen molar-refractivity contribution in [2.45, 2.75) is 17.4 Å². The van der Waals surface area contributed by atoms with Gasteiger partial charge in [-0.2, -0.15) is 0 Å². The quantitative estimate of drug-likeness (QED) is 0.838. The molecule has 0 radical (unpaired) electrons. The van der Waals surface area contributed by atoms with Gasteiger partial charge in [0.2, 0.25) is 0 Å². The normalized spacial score (nSPS) is 13.8. The summed E-state index contributed by atoms with van der Waals surface area (Å²) in [5.41, 5.74) is 6.28. The van der Waals surface area contributed by atoms with Crippen LogP contribution >= 0.6 is 0 Å². The van der Waals surface area contributed by atoms with Crippen molar-refractivity contribution >= 4 is 9.84 Å². The summed E-state index contributed by atoms with van der Waals surface area (Å²) < 4.78 is 34.4. The molecule has 0 saturated heterocycles. The molecule has 15 heavy (non-hydrogen) atoms. The van der Waals surface area contributed by atoms with Crippen LogP contribution in [0.5, 0.6) is 0 Å². The molecule has 1 aromatic carbocycles. The smallest absolute Gasteiger partial charge is 0.175 e. The Hall–Kier alpha value is -0.940. The molecular weight excluding hydrogens is 217 g/mol. The van der Waals surface area contributed by atoms with Crippen LogP contribution in [-0.4, -0.2) is 27.4 Å². The Labute approximate surface area is 89.0 Å². The SMILES string of the molecule is CS(=O)(=O)c1ccc(C[C@H](N)CF)cc1. The minimum Gasteiger partial charge on any atom is -0.325 e. The summed E-state index contributed by atoms with van der Waals surface area (Å²) in [7, 11) is -3.16. The van der Waals surface area contributed by atoms with E-state index in [0.29, 0.717) is 6.42 Å². The Kier molecular flexibility index (Phi) is 3.82. The van der Waals surface area contributed by atoms with E-state index in [4.69, 9.17) is 5.73 Å². The topological polar surface area (TPSA) is 60.2 Å². The van der Waals surface area contributed by atoms with E-state index in [1.165, 1.54) is 12.1 Å². The fourth-order valence-electron chi connectivity index (χ4n) is 1.23.